The molecule has 2 aromatic rings. The van der Waals surface area contributed by atoms with Gasteiger partial charge in [-0.15, -0.1) is 5.11 Å². The van der Waals surface area contributed by atoms with E-state index >= 15 is 0 Å². The van der Waals surface area contributed by atoms with E-state index in [2.05, 4.69) is 53.6 Å². The third kappa shape index (κ3) is 8.75. The van der Waals surface area contributed by atoms with Crippen LogP contribution in [0, 0.1) is 27.4 Å². The molecule has 12 nitrogen and oxygen atoms in total. The lowest BCUT2D eigenvalue weighted by atomic mass is 10.0. The highest BCUT2D eigenvalue weighted by molar-refractivity contribution is 7.44. The molecule has 3 unspecified atom stereocenters. The fourth-order valence-electron chi connectivity index (χ4n) is 5.66. The SMILES string of the molecule is CC[C@@H]1C[C@@H](OP2OCC(C#N)C(C)N2C(C)C)CN1C(=O)CCCN(C)c1ccc(N=Nc2ccc([N+](=O)[O-])cc2Cl)cc1. The summed E-state index contributed by atoms with van der Waals surface area (Å²) >= 11 is 6.10. The van der Waals surface area contributed by atoms with Crippen molar-refractivity contribution in [1.82, 2.24) is 9.57 Å². The molecule has 2 heterocycles. The van der Waals surface area contributed by atoms with Gasteiger partial charge in [-0.3, -0.25) is 14.9 Å². The fourth-order valence-corrected chi connectivity index (χ4v) is 7.71. The van der Waals surface area contributed by atoms with Gasteiger partial charge in [-0.05, 0) is 70.4 Å². The van der Waals surface area contributed by atoms with Crippen molar-refractivity contribution in [3.05, 3.63) is 57.6 Å². The number of azo groups is 1. The summed E-state index contributed by atoms with van der Waals surface area (Å²) in [6.07, 6.45) is 2.71. The van der Waals surface area contributed by atoms with Gasteiger partial charge in [-0.25, -0.2) is 4.67 Å². The lowest BCUT2D eigenvalue weighted by molar-refractivity contribution is -0.384. The standard InChI is InChI=1S/C31H41ClN7O5P/c1-6-25-16-28(44-45-38(21(2)3)22(4)23(18-33)20-43-45)19-37(25)31(40)8-7-15-36(5)26-11-9-24(10-12-26)34-35-30-14-13-27(39(41)42)17-29(30)32/h9-14,17,21-23,25,28H,6-8,15-16,19-20H2,1-5H3/t22?,23?,25-,28-,45?/m1/s1. The maximum absolute atomic E-state index is 13.3. The van der Waals surface area contributed by atoms with Crippen LogP contribution < -0.4 is 4.90 Å². The van der Waals surface area contributed by atoms with Gasteiger partial charge in [0.05, 0.1) is 40.3 Å². The van der Waals surface area contributed by atoms with E-state index in [1.807, 2.05) is 36.2 Å². The van der Waals surface area contributed by atoms with E-state index in [9.17, 15) is 20.2 Å². The van der Waals surface area contributed by atoms with Gasteiger partial charge >= 0.3 is 0 Å². The van der Waals surface area contributed by atoms with Crippen molar-refractivity contribution in [3.8, 4) is 6.07 Å². The van der Waals surface area contributed by atoms with Crippen molar-refractivity contribution in [3.63, 3.8) is 0 Å². The Morgan fingerprint density at radius 1 is 1.29 bits per heavy atom. The minimum absolute atomic E-state index is 0.0510. The minimum Gasteiger partial charge on any atom is -0.375 e. The summed E-state index contributed by atoms with van der Waals surface area (Å²) in [7, 11) is 0.693. The van der Waals surface area contributed by atoms with Crippen LogP contribution in [0.15, 0.2) is 52.7 Å². The molecule has 2 fully saturated rings. The van der Waals surface area contributed by atoms with Gasteiger partial charge in [0.2, 0.25) is 5.91 Å². The molecule has 2 aliphatic rings. The first kappa shape index (κ1) is 34.7. The monoisotopic (exact) mass is 657 g/mol. The van der Waals surface area contributed by atoms with E-state index in [-0.39, 0.29) is 46.8 Å². The van der Waals surface area contributed by atoms with Crippen molar-refractivity contribution in [2.24, 2.45) is 16.1 Å². The Bertz CT molecular complexity index is 1410. The van der Waals surface area contributed by atoms with Gasteiger partial charge < -0.3 is 18.8 Å². The molecule has 1 amide bonds. The van der Waals surface area contributed by atoms with Crippen LogP contribution in [0.1, 0.15) is 53.4 Å². The first-order chi connectivity index (χ1) is 21.5. The molecule has 0 N–H and O–H groups in total. The summed E-state index contributed by atoms with van der Waals surface area (Å²) in [5.41, 5.74) is 1.84. The maximum Gasteiger partial charge on any atom is 0.271 e. The van der Waals surface area contributed by atoms with Crippen LogP contribution in [0.3, 0.4) is 0 Å². The summed E-state index contributed by atoms with van der Waals surface area (Å²) in [5.74, 6) is -0.0477. The number of rotatable bonds is 12. The lowest BCUT2D eigenvalue weighted by Crippen LogP contribution is -2.45. The highest BCUT2D eigenvalue weighted by Gasteiger charge is 2.43. The number of likely N-dealkylation sites (tertiary alicyclic amines) is 1. The Hall–Kier alpha value is -3.20. The summed E-state index contributed by atoms with van der Waals surface area (Å²) in [5, 5.41) is 28.8. The Kier molecular flexibility index (Phi) is 12.2. The fraction of sp³-hybridized carbons (Fsp3) is 0.548. The van der Waals surface area contributed by atoms with E-state index in [1.165, 1.54) is 18.2 Å². The zero-order valence-corrected chi connectivity index (χ0v) is 28.0. The topological polar surface area (TPSA) is 137 Å². The molecular formula is C31H41ClN7O5P. The van der Waals surface area contributed by atoms with Crippen molar-refractivity contribution in [1.29, 1.82) is 5.26 Å². The summed E-state index contributed by atoms with van der Waals surface area (Å²) in [4.78, 5) is 27.7. The second-order valence-electron chi connectivity index (χ2n) is 11.7. The van der Waals surface area contributed by atoms with Gasteiger partial charge in [-0.1, -0.05) is 18.5 Å². The zero-order valence-electron chi connectivity index (χ0n) is 26.4. The van der Waals surface area contributed by atoms with E-state index in [4.69, 9.17) is 20.6 Å². The van der Waals surface area contributed by atoms with Crippen LogP contribution in [0.4, 0.5) is 22.7 Å². The normalized spacial score (nSPS) is 23.9. The van der Waals surface area contributed by atoms with E-state index < -0.39 is 13.4 Å². The molecule has 0 spiro atoms. The average molecular weight is 658 g/mol. The smallest absolute Gasteiger partial charge is 0.271 e. The number of amides is 1. The van der Waals surface area contributed by atoms with Gasteiger partial charge in [-0.2, -0.15) is 10.4 Å². The largest absolute Gasteiger partial charge is 0.375 e. The third-order valence-electron chi connectivity index (χ3n) is 8.24. The summed E-state index contributed by atoms with van der Waals surface area (Å²) in [6.45, 7) is 9.98. The number of nitro benzene ring substituents is 1. The number of halogens is 1. The zero-order chi connectivity index (χ0) is 32.7. The van der Waals surface area contributed by atoms with Crippen LogP contribution in [-0.2, 0) is 13.8 Å². The van der Waals surface area contributed by atoms with Crippen LogP contribution >= 0.6 is 20.1 Å². The predicted molar refractivity (Wildman–Crippen MR) is 175 cm³/mol. The summed E-state index contributed by atoms with van der Waals surface area (Å²) in [6, 6.07) is 14.3. The number of hydrogen-bond acceptors (Lipinski definition) is 10. The Morgan fingerprint density at radius 2 is 2.02 bits per heavy atom. The molecule has 4 rings (SSSR count). The van der Waals surface area contributed by atoms with E-state index in [1.54, 1.807) is 0 Å². The number of carbonyl (C=O) groups excluding carboxylic acids is 1. The highest BCUT2D eigenvalue weighted by atomic mass is 35.5. The van der Waals surface area contributed by atoms with Crippen LogP contribution in [0.5, 0.6) is 0 Å². The van der Waals surface area contributed by atoms with Gasteiger partial charge in [0.25, 0.3) is 14.2 Å². The average Bonchev–Trinajstić information content (AvgIpc) is 3.43. The molecule has 2 aliphatic heterocycles. The first-order valence-electron chi connectivity index (χ1n) is 15.3. The molecule has 242 valence electrons. The Balaban J connectivity index is 1.26. The van der Waals surface area contributed by atoms with Gasteiger partial charge in [0.15, 0.2) is 0 Å². The molecule has 14 heteroatoms. The molecule has 0 saturated carbocycles. The number of carbonyl (C=O) groups is 1. The molecule has 0 aliphatic carbocycles. The van der Waals surface area contributed by atoms with Crippen molar-refractivity contribution in [2.75, 3.05) is 31.6 Å². The molecule has 0 aromatic heterocycles. The van der Waals surface area contributed by atoms with Crippen molar-refractivity contribution in [2.45, 2.75) is 77.6 Å². The summed E-state index contributed by atoms with van der Waals surface area (Å²) < 4.78 is 14.7. The quantitative estimate of drug-likeness (QED) is 0.0977. The number of benzene rings is 2. The lowest BCUT2D eigenvalue weighted by Gasteiger charge is -2.43. The number of hydrogen-bond donors (Lipinski definition) is 0. The second-order valence-corrected chi connectivity index (χ2v) is 13.5. The third-order valence-corrected chi connectivity index (χ3v) is 10.6. The van der Waals surface area contributed by atoms with Crippen LogP contribution in [-0.4, -0.2) is 71.4 Å². The van der Waals surface area contributed by atoms with Crippen molar-refractivity contribution < 1.29 is 18.8 Å². The number of anilines is 1. The molecule has 45 heavy (non-hydrogen) atoms. The number of non-ortho nitro benzene ring substituents is 1. The number of nitrogens with zero attached hydrogens (tertiary/aromatic N) is 7. The second kappa shape index (κ2) is 15.9. The predicted octanol–water partition coefficient (Wildman–Crippen LogP) is 7.77. The van der Waals surface area contributed by atoms with Gasteiger partial charge in [0, 0.05) is 62.5 Å². The van der Waals surface area contributed by atoms with Gasteiger partial charge in [0.1, 0.15) is 5.69 Å². The van der Waals surface area contributed by atoms with Crippen molar-refractivity contribution >= 4 is 48.8 Å². The molecule has 0 bridgehead atoms. The Labute approximate surface area is 271 Å². The highest BCUT2D eigenvalue weighted by Crippen LogP contribution is 2.52. The number of nitro groups is 1. The molecule has 2 aromatic carbocycles. The Morgan fingerprint density at radius 3 is 2.64 bits per heavy atom. The minimum atomic E-state index is -1.29. The maximum atomic E-state index is 13.3. The van der Waals surface area contributed by atoms with Crippen LogP contribution in [0.25, 0.3) is 0 Å². The molecule has 5 atom stereocenters. The molecular weight excluding hydrogens is 617 g/mol. The van der Waals surface area contributed by atoms with Crippen LogP contribution in [0.2, 0.25) is 5.02 Å². The molecule has 2 saturated heterocycles. The van der Waals surface area contributed by atoms with E-state index in [0.717, 1.165) is 18.5 Å². The number of nitriles is 1. The van der Waals surface area contributed by atoms with E-state index in [0.29, 0.717) is 43.9 Å². The first-order valence-corrected chi connectivity index (χ1v) is 16.8. The molecule has 0 radical (unpaired) electrons.